The van der Waals surface area contributed by atoms with Gasteiger partial charge in [0.25, 0.3) is 5.91 Å². The predicted octanol–water partition coefficient (Wildman–Crippen LogP) is 5.00. The van der Waals surface area contributed by atoms with Crippen molar-refractivity contribution >= 4 is 51.6 Å². The van der Waals surface area contributed by atoms with Gasteiger partial charge in [0.05, 0.1) is 5.03 Å². The summed E-state index contributed by atoms with van der Waals surface area (Å²) in [6, 6.07) is 13.0. The van der Waals surface area contributed by atoms with E-state index < -0.39 is 0 Å². The Labute approximate surface area is 163 Å². The molecule has 0 aliphatic carbocycles. The van der Waals surface area contributed by atoms with Crippen molar-refractivity contribution in [2.75, 3.05) is 0 Å². The average Bonchev–Trinajstić information content (AvgIpc) is 3.13. The van der Waals surface area contributed by atoms with Gasteiger partial charge < -0.3 is 5.32 Å². The minimum absolute atomic E-state index is 0.199. The lowest BCUT2D eigenvalue weighted by molar-refractivity contribution is 0.0950. The predicted molar refractivity (Wildman–Crippen MR) is 103 cm³/mol. The van der Waals surface area contributed by atoms with Gasteiger partial charge in [-0.3, -0.25) is 4.79 Å². The third kappa shape index (κ3) is 4.88. The molecule has 1 N–H and O–H groups in total. The van der Waals surface area contributed by atoms with Crippen LogP contribution in [0.1, 0.15) is 25.9 Å². The van der Waals surface area contributed by atoms with Gasteiger partial charge in [-0.1, -0.05) is 58.8 Å². The first-order valence-corrected chi connectivity index (χ1v) is 9.08. The zero-order valence-electron chi connectivity index (χ0n) is 13.2. The van der Waals surface area contributed by atoms with Crippen LogP contribution in [0.2, 0.25) is 5.02 Å². The van der Waals surface area contributed by atoms with Crippen molar-refractivity contribution in [2.45, 2.75) is 6.54 Å². The summed E-state index contributed by atoms with van der Waals surface area (Å²) >= 11 is 13.2. The number of carbonyl (C=O) groups is 1. The second kappa shape index (κ2) is 8.40. The maximum Gasteiger partial charge on any atom is 0.282 e. The molecule has 3 rings (SSSR count). The third-order valence-corrected chi connectivity index (χ3v) is 4.96. The molecular weight excluding hydrogens is 396 g/mol. The maximum atomic E-state index is 12.9. The van der Waals surface area contributed by atoms with Gasteiger partial charge in [-0.05, 0) is 41.5 Å². The average molecular weight is 408 g/mol. The number of amides is 1. The zero-order chi connectivity index (χ0) is 18.5. The maximum absolute atomic E-state index is 12.9. The number of halogens is 3. The third-order valence-electron chi connectivity index (χ3n) is 3.35. The second-order valence-corrected chi connectivity index (χ2v) is 7.09. The highest BCUT2D eigenvalue weighted by Gasteiger charge is 2.14. The Morgan fingerprint density at radius 2 is 1.73 bits per heavy atom. The fourth-order valence-electron chi connectivity index (χ4n) is 2.04. The minimum Gasteiger partial charge on any atom is -0.346 e. The molecule has 0 radical (unpaired) electrons. The molecule has 0 spiro atoms. The molecule has 0 atom stereocenters. The first kappa shape index (κ1) is 18.5. The zero-order valence-corrected chi connectivity index (χ0v) is 15.6. The van der Waals surface area contributed by atoms with Crippen molar-refractivity contribution in [1.29, 1.82) is 0 Å². The lowest BCUT2D eigenvalue weighted by Crippen LogP contribution is -2.22. The van der Waals surface area contributed by atoms with E-state index in [1.165, 1.54) is 12.1 Å². The Bertz CT molecular complexity index is 940. The molecule has 0 aliphatic rings. The Hall–Kier alpha value is -2.28. The normalized spacial score (nSPS) is 11.4. The molecular formula is C18H12Cl2FN3OS. The van der Waals surface area contributed by atoms with E-state index in [9.17, 15) is 9.18 Å². The Balaban J connectivity index is 1.65. The quantitative estimate of drug-likeness (QED) is 0.647. The smallest absolute Gasteiger partial charge is 0.282 e. The first-order chi connectivity index (χ1) is 12.5. The van der Waals surface area contributed by atoms with E-state index in [2.05, 4.69) is 15.5 Å². The van der Waals surface area contributed by atoms with Gasteiger partial charge >= 0.3 is 0 Å². The first-order valence-electron chi connectivity index (χ1n) is 7.50. The number of carbonyl (C=O) groups excluding carboxylic acids is 1. The van der Waals surface area contributed by atoms with Crippen LogP contribution >= 0.6 is 34.5 Å². The number of aromatic nitrogens is 2. The molecule has 0 unspecified atom stereocenters. The molecule has 26 heavy (non-hydrogen) atoms. The van der Waals surface area contributed by atoms with Gasteiger partial charge in [-0.2, -0.15) is 0 Å². The number of rotatable bonds is 5. The summed E-state index contributed by atoms with van der Waals surface area (Å²) in [4.78, 5) is 12.2. The molecule has 1 amide bonds. The van der Waals surface area contributed by atoms with E-state index in [-0.39, 0.29) is 23.3 Å². The summed E-state index contributed by atoms with van der Waals surface area (Å²) in [5, 5.41) is 12.2. The van der Waals surface area contributed by atoms with Crippen LogP contribution in [-0.4, -0.2) is 16.1 Å². The minimum atomic E-state index is -0.367. The molecule has 3 aromatic rings. The van der Waals surface area contributed by atoms with E-state index in [4.69, 9.17) is 23.2 Å². The van der Waals surface area contributed by atoms with Gasteiger partial charge in [-0.25, -0.2) is 4.39 Å². The number of nitrogens with zero attached hydrogens (tertiary/aromatic N) is 2. The van der Waals surface area contributed by atoms with E-state index in [1.807, 2.05) is 12.1 Å². The van der Waals surface area contributed by atoms with Crippen molar-refractivity contribution in [1.82, 2.24) is 15.5 Å². The van der Waals surface area contributed by atoms with Crippen LogP contribution in [0.3, 0.4) is 0 Å². The molecule has 0 fully saturated rings. The highest BCUT2D eigenvalue weighted by Crippen LogP contribution is 2.25. The highest BCUT2D eigenvalue weighted by atomic mass is 35.5. The highest BCUT2D eigenvalue weighted by molar-refractivity contribution is 7.15. The van der Waals surface area contributed by atoms with Crippen LogP contribution in [0.15, 0.2) is 48.5 Å². The Morgan fingerprint density at radius 1 is 1.08 bits per heavy atom. The lowest BCUT2D eigenvalue weighted by Gasteiger charge is -2.02. The molecule has 0 saturated heterocycles. The molecule has 0 aliphatic heterocycles. The monoisotopic (exact) mass is 407 g/mol. The van der Waals surface area contributed by atoms with Crippen LogP contribution in [-0.2, 0) is 6.54 Å². The molecule has 8 heteroatoms. The van der Waals surface area contributed by atoms with Crippen LogP contribution in [0.25, 0.3) is 11.1 Å². The summed E-state index contributed by atoms with van der Waals surface area (Å²) in [7, 11) is 0. The number of nitrogens with one attached hydrogen (secondary N) is 1. The molecule has 4 nitrogen and oxygen atoms in total. The van der Waals surface area contributed by atoms with Gasteiger partial charge in [0, 0.05) is 11.6 Å². The SMILES string of the molecule is O=C(NCc1ccc(F)cc1)c1nnc(/C(Cl)=C/c2ccc(Cl)cc2)s1. The standard InChI is InChI=1S/C18H12Cl2FN3OS/c19-13-5-1-11(2-6-13)9-15(20)17-23-24-18(26-17)16(25)22-10-12-3-7-14(21)8-4-12/h1-9H,10H2,(H,22,25)/b15-9-. The number of hydrogen-bond donors (Lipinski definition) is 1. The van der Waals surface area contributed by atoms with Crippen LogP contribution in [0, 0.1) is 5.82 Å². The van der Waals surface area contributed by atoms with Gasteiger partial charge in [0.2, 0.25) is 5.01 Å². The van der Waals surface area contributed by atoms with Gasteiger partial charge in [0.1, 0.15) is 5.82 Å². The fraction of sp³-hybridized carbons (Fsp3) is 0.0556. The van der Waals surface area contributed by atoms with Gasteiger partial charge in [-0.15, -0.1) is 10.2 Å². The van der Waals surface area contributed by atoms with Crippen LogP contribution in [0.4, 0.5) is 4.39 Å². The van der Waals surface area contributed by atoms with Crippen molar-refractivity contribution in [3.63, 3.8) is 0 Å². The summed E-state index contributed by atoms with van der Waals surface area (Å²) in [5.74, 6) is -0.690. The lowest BCUT2D eigenvalue weighted by atomic mass is 10.2. The van der Waals surface area contributed by atoms with E-state index in [0.29, 0.717) is 15.1 Å². The van der Waals surface area contributed by atoms with Gasteiger partial charge in [0.15, 0.2) is 5.01 Å². The molecule has 1 aromatic heterocycles. The van der Waals surface area contributed by atoms with Crippen molar-refractivity contribution < 1.29 is 9.18 Å². The Morgan fingerprint density at radius 3 is 2.42 bits per heavy atom. The molecule has 0 bridgehead atoms. The Kier molecular flexibility index (Phi) is 5.98. The summed E-state index contributed by atoms with van der Waals surface area (Å²) < 4.78 is 12.9. The summed E-state index contributed by atoms with van der Waals surface area (Å²) in [6.45, 7) is 0.266. The molecule has 0 saturated carbocycles. The topological polar surface area (TPSA) is 54.9 Å². The van der Waals surface area contributed by atoms with Crippen LogP contribution < -0.4 is 5.32 Å². The summed E-state index contributed by atoms with van der Waals surface area (Å²) in [6.07, 6.45) is 1.72. The molecule has 1 heterocycles. The second-order valence-electron chi connectivity index (χ2n) is 5.27. The van der Waals surface area contributed by atoms with Crippen molar-refractivity contribution in [2.24, 2.45) is 0 Å². The number of hydrogen-bond acceptors (Lipinski definition) is 4. The van der Waals surface area contributed by atoms with E-state index in [0.717, 1.165) is 22.5 Å². The largest absolute Gasteiger partial charge is 0.346 e. The molecule has 132 valence electrons. The van der Waals surface area contributed by atoms with Crippen molar-refractivity contribution in [3.05, 3.63) is 80.5 Å². The van der Waals surface area contributed by atoms with E-state index >= 15 is 0 Å². The fourth-order valence-corrected chi connectivity index (χ4v) is 3.11. The number of benzene rings is 2. The summed E-state index contributed by atoms with van der Waals surface area (Å²) in [5.41, 5.74) is 1.64. The molecule has 2 aromatic carbocycles. The van der Waals surface area contributed by atoms with E-state index in [1.54, 1.807) is 30.3 Å². The van der Waals surface area contributed by atoms with Crippen LogP contribution in [0.5, 0.6) is 0 Å². The van der Waals surface area contributed by atoms with Crippen molar-refractivity contribution in [3.8, 4) is 0 Å².